The molecule has 162 valence electrons. The molecule has 6 heteroatoms. The van der Waals surface area contributed by atoms with Crippen molar-refractivity contribution in [1.29, 1.82) is 0 Å². The number of hydrogen-bond donors (Lipinski definition) is 1. The molecular weight excluding hydrogens is 396 g/mol. The first-order chi connectivity index (χ1) is 14.3. The molecule has 0 saturated carbocycles. The van der Waals surface area contributed by atoms with Crippen molar-refractivity contribution < 1.29 is 13.2 Å². The number of carbonyl (C=O) groups excluding carboxylic acids is 1. The van der Waals surface area contributed by atoms with Crippen LogP contribution in [0.3, 0.4) is 0 Å². The molecule has 0 aliphatic carbocycles. The first-order valence-corrected chi connectivity index (χ1v) is 12.2. The molecule has 0 aromatic heterocycles. The number of nitrogens with zero attached hydrogens (tertiary/aromatic N) is 1. The molecule has 0 fully saturated rings. The van der Waals surface area contributed by atoms with E-state index in [1.54, 1.807) is 12.1 Å². The van der Waals surface area contributed by atoms with Crippen LogP contribution in [0.4, 0.5) is 5.69 Å². The van der Waals surface area contributed by atoms with Crippen LogP contribution in [0.5, 0.6) is 0 Å². The minimum Gasteiger partial charge on any atom is -0.354 e. The summed E-state index contributed by atoms with van der Waals surface area (Å²) in [6, 6.07) is 10.9. The summed E-state index contributed by atoms with van der Waals surface area (Å²) in [4.78, 5) is 13.0. The highest BCUT2D eigenvalue weighted by Gasteiger charge is 2.36. The molecule has 1 aliphatic heterocycles. The van der Waals surface area contributed by atoms with Crippen LogP contribution in [0.2, 0.25) is 0 Å². The quantitative estimate of drug-likeness (QED) is 0.656. The predicted octanol–water partition coefficient (Wildman–Crippen LogP) is 4.81. The first-order valence-electron chi connectivity index (χ1n) is 10.8. The van der Waals surface area contributed by atoms with Gasteiger partial charge in [-0.05, 0) is 49.4 Å². The van der Waals surface area contributed by atoms with Gasteiger partial charge in [0.25, 0.3) is 10.0 Å². The van der Waals surface area contributed by atoms with Gasteiger partial charge in [-0.25, -0.2) is 8.42 Å². The van der Waals surface area contributed by atoms with Crippen LogP contribution in [-0.4, -0.2) is 27.4 Å². The third-order valence-electron chi connectivity index (χ3n) is 5.87. The lowest BCUT2D eigenvalue weighted by molar-refractivity contribution is -0.119. The minimum absolute atomic E-state index is 0.212. The fourth-order valence-corrected chi connectivity index (χ4v) is 5.82. The number of carbonyl (C=O) groups is 1. The molecule has 0 radical (unpaired) electrons. The molecule has 1 aliphatic rings. The van der Waals surface area contributed by atoms with E-state index in [1.807, 2.05) is 38.1 Å². The van der Waals surface area contributed by atoms with Crippen LogP contribution < -0.4 is 9.62 Å². The Morgan fingerprint density at radius 2 is 1.87 bits per heavy atom. The number of hydrogen-bond acceptors (Lipinski definition) is 3. The number of rotatable bonds is 8. The molecule has 2 aromatic carbocycles. The van der Waals surface area contributed by atoms with Gasteiger partial charge in [0.15, 0.2) is 0 Å². The van der Waals surface area contributed by atoms with Crippen molar-refractivity contribution in [2.75, 3.05) is 17.4 Å². The summed E-state index contributed by atoms with van der Waals surface area (Å²) in [5, 5.41) is 2.97. The Hall–Kier alpha value is -2.34. The Morgan fingerprint density at radius 3 is 2.57 bits per heavy atom. The first kappa shape index (κ1) is 22.3. The minimum atomic E-state index is -3.81. The summed E-state index contributed by atoms with van der Waals surface area (Å²) in [5.41, 5.74) is 4.14. The third kappa shape index (κ3) is 4.38. The van der Waals surface area contributed by atoms with Crippen LogP contribution in [0.1, 0.15) is 50.7 Å². The molecule has 1 N–H and O–H groups in total. The average molecular weight is 429 g/mol. The average Bonchev–Trinajstić information content (AvgIpc) is 2.71. The van der Waals surface area contributed by atoms with Crippen LogP contribution in [0.15, 0.2) is 41.3 Å². The second-order valence-corrected chi connectivity index (χ2v) is 10.0. The molecule has 2 aromatic rings. The van der Waals surface area contributed by atoms with Gasteiger partial charge in [-0.1, -0.05) is 57.4 Å². The summed E-state index contributed by atoms with van der Waals surface area (Å²) in [6.45, 7) is 8.58. The van der Waals surface area contributed by atoms with Crippen molar-refractivity contribution in [1.82, 2.24) is 5.32 Å². The maximum atomic E-state index is 13.4. The van der Waals surface area contributed by atoms with Crippen molar-refractivity contribution in [3.05, 3.63) is 47.5 Å². The normalized spacial score (nSPS) is 15.3. The highest BCUT2D eigenvalue weighted by molar-refractivity contribution is 7.93. The lowest BCUT2D eigenvalue weighted by Crippen LogP contribution is -2.43. The van der Waals surface area contributed by atoms with Gasteiger partial charge in [-0.3, -0.25) is 9.10 Å². The number of amides is 1. The number of fused-ring (bicyclic) bond motifs is 3. The van der Waals surface area contributed by atoms with Crippen molar-refractivity contribution in [3.8, 4) is 11.1 Å². The topological polar surface area (TPSA) is 66.5 Å². The van der Waals surface area contributed by atoms with E-state index in [-0.39, 0.29) is 17.3 Å². The van der Waals surface area contributed by atoms with E-state index in [2.05, 4.69) is 19.2 Å². The van der Waals surface area contributed by atoms with Crippen molar-refractivity contribution in [2.45, 2.75) is 58.3 Å². The van der Waals surface area contributed by atoms with Crippen molar-refractivity contribution >= 4 is 21.6 Å². The van der Waals surface area contributed by atoms with E-state index in [0.29, 0.717) is 23.7 Å². The van der Waals surface area contributed by atoms with Gasteiger partial charge in [0.2, 0.25) is 5.91 Å². The van der Waals surface area contributed by atoms with E-state index >= 15 is 0 Å². The summed E-state index contributed by atoms with van der Waals surface area (Å²) >= 11 is 0. The SMILES string of the molecule is CCCC[C@H](CC)CNC(=O)CN1c2cc(C)cc(C)c2-c2ccccc2S1(=O)=O. The zero-order valence-corrected chi connectivity index (χ0v) is 19.2. The monoisotopic (exact) mass is 428 g/mol. The molecule has 1 heterocycles. The van der Waals surface area contributed by atoms with E-state index < -0.39 is 10.0 Å². The number of benzene rings is 2. The third-order valence-corrected chi connectivity index (χ3v) is 7.69. The Morgan fingerprint density at radius 1 is 1.13 bits per heavy atom. The van der Waals surface area contributed by atoms with E-state index in [9.17, 15) is 13.2 Å². The molecule has 1 amide bonds. The molecule has 0 bridgehead atoms. The van der Waals surface area contributed by atoms with Gasteiger partial charge in [-0.2, -0.15) is 0 Å². The standard InChI is InChI=1S/C24H32N2O3S/c1-5-7-10-19(6-2)15-25-23(27)16-26-21-14-17(3)13-18(4)24(21)20-11-8-9-12-22(20)30(26,28)29/h8-9,11-14,19H,5-7,10,15-16H2,1-4H3,(H,25,27)/t19-/m0/s1. The van der Waals surface area contributed by atoms with Gasteiger partial charge in [0.1, 0.15) is 6.54 Å². The van der Waals surface area contributed by atoms with Crippen molar-refractivity contribution in [2.24, 2.45) is 5.92 Å². The molecule has 5 nitrogen and oxygen atoms in total. The lowest BCUT2D eigenvalue weighted by atomic mass is 9.96. The van der Waals surface area contributed by atoms with Crippen LogP contribution in [0, 0.1) is 19.8 Å². The Balaban J connectivity index is 1.91. The maximum Gasteiger partial charge on any atom is 0.265 e. The van der Waals surface area contributed by atoms with Crippen LogP contribution in [0.25, 0.3) is 11.1 Å². The Bertz CT molecular complexity index is 1030. The van der Waals surface area contributed by atoms with Gasteiger partial charge in [0.05, 0.1) is 10.6 Å². The summed E-state index contributed by atoms with van der Waals surface area (Å²) in [6.07, 6.45) is 4.34. The Kier molecular flexibility index (Phi) is 6.86. The van der Waals surface area contributed by atoms with Crippen LogP contribution >= 0.6 is 0 Å². The lowest BCUT2D eigenvalue weighted by Gasteiger charge is -2.33. The molecule has 0 unspecified atom stereocenters. The smallest absolute Gasteiger partial charge is 0.265 e. The number of sulfonamides is 1. The molecule has 0 spiro atoms. The van der Waals surface area contributed by atoms with Gasteiger partial charge < -0.3 is 5.32 Å². The predicted molar refractivity (Wildman–Crippen MR) is 122 cm³/mol. The second kappa shape index (κ2) is 9.21. The molecule has 30 heavy (non-hydrogen) atoms. The molecule has 1 atom stereocenters. The summed E-state index contributed by atoms with van der Waals surface area (Å²) in [7, 11) is -3.81. The molecular formula is C24H32N2O3S. The summed E-state index contributed by atoms with van der Waals surface area (Å²) < 4.78 is 28.1. The summed E-state index contributed by atoms with van der Waals surface area (Å²) in [5.74, 6) is 0.155. The fraction of sp³-hybridized carbons (Fsp3) is 0.458. The van der Waals surface area contributed by atoms with Crippen molar-refractivity contribution in [3.63, 3.8) is 0 Å². The van der Waals surface area contributed by atoms with Gasteiger partial charge in [0, 0.05) is 17.7 Å². The number of unbranched alkanes of at least 4 members (excludes halogenated alkanes) is 1. The maximum absolute atomic E-state index is 13.4. The van der Waals surface area contributed by atoms with E-state index in [4.69, 9.17) is 0 Å². The van der Waals surface area contributed by atoms with E-state index in [0.717, 1.165) is 42.4 Å². The zero-order valence-electron chi connectivity index (χ0n) is 18.4. The zero-order chi connectivity index (χ0) is 21.9. The highest BCUT2D eigenvalue weighted by atomic mass is 32.2. The largest absolute Gasteiger partial charge is 0.354 e. The molecule has 0 saturated heterocycles. The number of aryl methyl sites for hydroxylation is 2. The second-order valence-electron chi connectivity index (χ2n) is 8.20. The number of nitrogens with one attached hydrogen (secondary N) is 1. The highest BCUT2D eigenvalue weighted by Crippen LogP contribution is 2.45. The van der Waals surface area contributed by atoms with Gasteiger partial charge >= 0.3 is 0 Å². The fourth-order valence-electron chi connectivity index (χ4n) is 4.20. The number of anilines is 1. The van der Waals surface area contributed by atoms with Gasteiger partial charge in [-0.15, -0.1) is 0 Å². The molecule has 3 rings (SSSR count). The van der Waals surface area contributed by atoms with Crippen LogP contribution in [-0.2, 0) is 14.8 Å². The van der Waals surface area contributed by atoms with E-state index in [1.165, 1.54) is 4.31 Å². The Labute approximate surface area is 180 Å².